The largest absolute Gasteiger partial charge is 0.408 e. The van der Waals surface area contributed by atoms with Crippen LogP contribution in [-0.4, -0.2) is 40.4 Å². The van der Waals surface area contributed by atoms with E-state index < -0.39 is 18.8 Å². The summed E-state index contributed by atoms with van der Waals surface area (Å²) in [6, 6.07) is 7.72. The van der Waals surface area contributed by atoms with Crippen molar-refractivity contribution in [3.05, 3.63) is 46.7 Å². The summed E-state index contributed by atoms with van der Waals surface area (Å²) >= 11 is 5.86. The number of ether oxygens (including phenoxy) is 1. The fourth-order valence-electron chi connectivity index (χ4n) is 2.57. The second-order valence-corrected chi connectivity index (χ2v) is 6.15. The molecule has 0 bridgehead atoms. The Morgan fingerprint density at radius 3 is 2.67 bits per heavy atom. The first-order chi connectivity index (χ1) is 11.4. The number of aromatic nitrogens is 3. The molecule has 24 heavy (non-hydrogen) atoms. The maximum atomic E-state index is 12.3. The Morgan fingerprint density at radius 1 is 1.29 bits per heavy atom. The van der Waals surface area contributed by atoms with Crippen molar-refractivity contribution in [2.75, 3.05) is 13.2 Å². The summed E-state index contributed by atoms with van der Waals surface area (Å²) in [5, 5.41) is 11.3. The highest BCUT2D eigenvalue weighted by Crippen LogP contribution is 2.21. The summed E-state index contributed by atoms with van der Waals surface area (Å²) < 4.78 is 43.5. The summed E-state index contributed by atoms with van der Waals surface area (Å²) in [5.74, 6) is 0. The summed E-state index contributed by atoms with van der Waals surface area (Å²) in [6.07, 6.45) is -2.65. The molecule has 2 atom stereocenters. The minimum Gasteiger partial charge on any atom is -0.369 e. The molecular weight excluding hydrogens is 345 g/mol. The molecule has 2 heterocycles. The third kappa shape index (κ3) is 4.68. The first-order valence-electron chi connectivity index (χ1n) is 7.45. The number of nitrogens with one attached hydrogen (secondary N) is 1. The zero-order chi connectivity index (χ0) is 17.2. The first kappa shape index (κ1) is 17.2. The van der Waals surface area contributed by atoms with Gasteiger partial charge < -0.3 is 10.1 Å². The Morgan fingerprint density at radius 2 is 2.04 bits per heavy atom. The predicted molar refractivity (Wildman–Crippen MR) is 81.7 cm³/mol. The Balaban J connectivity index is 1.52. The van der Waals surface area contributed by atoms with Crippen LogP contribution >= 0.6 is 11.6 Å². The lowest BCUT2D eigenvalue weighted by molar-refractivity contribution is -0.142. The van der Waals surface area contributed by atoms with Gasteiger partial charge in [0.2, 0.25) is 0 Å². The third-order valence-corrected chi connectivity index (χ3v) is 3.97. The Labute approximate surface area is 141 Å². The topological polar surface area (TPSA) is 52.0 Å². The lowest BCUT2D eigenvalue weighted by Gasteiger charge is -2.29. The van der Waals surface area contributed by atoms with Gasteiger partial charge in [-0.05, 0) is 24.1 Å². The van der Waals surface area contributed by atoms with E-state index >= 15 is 0 Å². The lowest BCUT2D eigenvalue weighted by Crippen LogP contribution is -2.44. The molecule has 0 radical (unpaired) electrons. The van der Waals surface area contributed by atoms with Gasteiger partial charge in [-0.3, -0.25) is 0 Å². The average molecular weight is 361 g/mol. The van der Waals surface area contributed by atoms with Crippen LogP contribution in [0.5, 0.6) is 0 Å². The molecule has 0 spiro atoms. The molecule has 130 valence electrons. The van der Waals surface area contributed by atoms with Crippen LogP contribution < -0.4 is 5.32 Å². The van der Waals surface area contributed by atoms with Crippen LogP contribution in [0.3, 0.4) is 0 Å². The van der Waals surface area contributed by atoms with Crippen LogP contribution in [-0.2, 0) is 17.7 Å². The number of benzene rings is 1. The molecule has 1 aromatic carbocycles. The summed E-state index contributed by atoms with van der Waals surface area (Å²) in [5.41, 5.74) is 1.53. The van der Waals surface area contributed by atoms with Crippen LogP contribution in [0.1, 0.15) is 17.4 Å². The second kappa shape index (κ2) is 7.08. The van der Waals surface area contributed by atoms with Crippen molar-refractivity contribution >= 4 is 11.6 Å². The maximum Gasteiger partial charge on any atom is 0.408 e. The quantitative estimate of drug-likeness (QED) is 0.911. The number of hydrogen-bond acceptors (Lipinski definition) is 4. The van der Waals surface area contributed by atoms with Crippen LogP contribution in [0.15, 0.2) is 30.5 Å². The summed E-state index contributed by atoms with van der Waals surface area (Å²) in [7, 11) is 0. The van der Waals surface area contributed by atoms with Gasteiger partial charge in [0, 0.05) is 17.6 Å². The molecular formula is C15H16ClF3N4O. The van der Waals surface area contributed by atoms with Gasteiger partial charge in [-0.25, -0.2) is 4.68 Å². The van der Waals surface area contributed by atoms with E-state index in [9.17, 15) is 13.2 Å². The van der Waals surface area contributed by atoms with Gasteiger partial charge in [-0.2, -0.15) is 13.2 Å². The van der Waals surface area contributed by atoms with Gasteiger partial charge in [-0.15, -0.1) is 5.10 Å². The van der Waals surface area contributed by atoms with E-state index in [4.69, 9.17) is 16.3 Å². The molecule has 5 nitrogen and oxygen atoms in total. The van der Waals surface area contributed by atoms with Crippen LogP contribution in [0, 0.1) is 0 Å². The highest BCUT2D eigenvalue weighted by molar-refractivity contribution is 6.30. The molecule has 0 unspecified atom stereocenters. The van der Waals surface area contributed by atoms with E-state index in [0.29, 0.717) is 23.9 Å². The van der Waals surface area contributed by atoms with E-state index in [1.54, 1.807) is 0 Å². The molecule has 1 N–H and O–H groups in total. The van der Waals surface area contributed by atoms with Crippen molar-refractivity contribution in [3.63, 3.8) is 0 Å². The van der Waals surface area contributed by atoms with Gasteiger partial charge in [-0.1, -0.05) is 28.9 Å². The Hall–Kier alpha value is -1.64. The predicted octanol–water partition coefficient (Wildman–Crippen LogP) is 2.77. The van der Waals surface area contributed by atoms with Crippen molar-refractivity contribution < 1.29 is 17.9 Å². The number of nitrogens with zero attached hydrogens (tertiary/aromatic N) is 3. The van der Waals surface area contributed by atoms with Crippen molar-refractivity contribution in [1.82, 2.24) is 20.3 Å². The first-order valence-corrected chi connectivity index (χ1v) is 7.83. The summed E-state index contributed by atoms with van der Waals surface area (Å²) in [4.78, 5) is 0. The number of morpholine rings is 1. The zero-order valence-corrected chi connectivity index (χ0v) is 13.4. The monoisotopic (exact) mass is 360 g/mol. The van der Waals surface area contributed by atoms with Crippen molar-refractivity contribution in [3.8, 4) is 0 Å². The summed E-state index contributed by atoms with van der Waals surface area (Å²) in [6.45, 7) is -0.234. The molecule has 9 heteroatoms. The maximum absolute atomic E-state index is 12.3. The molecule has 2 aromatic rings. The van der Waals surface area contributed by atoms with Crippen molar-refractivity contribution in [2.24, 2.45) is 0 Å². The van der Waals surface area contributed by atoms with Gasteiger partial charge in [0.15, 0.2) is 0 Å². The minimum atomic E-state index is -4.32. The normalized spacial score (nSPS) is 21.8. The zero-order valence-electron chi connectivity index (χ0n) is 12.6. The van der Waals surface area contributed by atoms with Crippen LogP contribution in [0.4, 0.5) is 13.2 Å². The standard InChI is InChI=1S/C15H16ClF3N4O/c16-11-3-1-10(2-4-11)5-12-8-24-14(6-20-12)13-7-23(22-21-13)9-15(17,18)19/h1-4,7,12,14,20H,5-6,8-9H2/t12-,14+/m0/s1. The van der Waals surface area contributed by atoms with Crippen LogP contribution in [0.25, 0.3) is 0 Å². The van der Waals surface area contributed by atoms with E-state index in [0.717, 1.165) is 16.7 Å². The van der Waals surface area contributed by atoms with Gasteiger partial charge in [0.1, 0.15) is 18.3 Å². The molecule has 0 saturated carbocycles. The highest BCUT2D eigenvalue weighted by atomic mass is 35.5. The third-order valence-electron chi connectivity index (χ3n) is 3.71. The Bertz CT molecular complexity index is 666. The molecule has 1 saturated heterocycles. The SMILES string of the molecule is FC(F)(F)Cn1cc([C@H]2CN[C@@H](Cc3ccc(Cl)cc3)CO2)nn1. The number of halogens is 4. The molecule has 0 amide bonds. The molecule has 3 rings (SSSR count). The number of rotatable bonds is 4. The van der Waals surface area contributed by atoms with Crippen molar-refractivity contribution in [1.29, 1.82) is 0 Å². The Kier molecular flexibility index (Phi) is 5.07. The van der Waals surface area contributed by atoms with Crippen molar-refractivity contribution in [2.45, 2.75) is 31.3 Å². The molecule has 1 aliphatic rings. The molecule has 1 aliphatic heterocycles. The van der Waals surface area contributed by atoms with Gasteiger partial charge in [0.25, 0.3) is 0 Å². The van der Waals surface area contributed by atoms with E-state index in [1.807, 2.05) is 24.3 Å². The van der Waals surface area contributed by atoms with Gasteiger partial charge in [0.05, 0.1) is 12.8 Å². The van der Waals surface area contributed by atoms with E-state index in [1.165, 1.54) is 6.20 Å². The van der Waals surface area contributed by atoms with E-state index in [2.05, 4.69) is 15.6 Å². The minimum absolute atomic E-state index is 0.132. The smallest absolute Gasteiger partial charge is 0.369 e. The van der Waals surface area contributed by atoms with E-state index in [-0.39, 0.29) is 6.04 Å². The fraction of sp³-hybridized carbons (Fsp3) is 0.467. The molecule has 1 fully saturated rings. The van der Waals surface area contributed by atoms with Crippen LogP contribution in [0.2, 0.25) is 5.02 Å². The number of hydrogen-bond donors (Lipinski definition) is 1. The molecule has 0 aliphatic carbocycles. The second-order valence-electron chi connectivity index (χ2n) is 5.71. The molecule has 1 aromatic heterocycles. The highest BCUT2D eigenvalue weighted by Gasteiger charge is 2.30. The number of alkyl halides is 3. The lowest BCUT2D eigenvalue weighted by atomic mass is 10.0. The average Bonchev–Trinajstić information content (AvgIpc) is 2.97. The fourth-order valence-corrected chi connectivity index (χ4v) is 2.70. The van der Waals surface area contributed by atoms with Gasteiger partial charge >= 0.3 is 6.18 Å².